The van der Waals surface area contributed by atoms with Crippen LogP contribution < -0.4 is 5.73 Å². The third kappa shape index (κ3) is 3.59. The maximum atomic E-state index is 11.6. The molecule has 0 fully saturated rings. The Balaban J connectivity index is 4.15. The van der Waals surface area contributed by atoms with Gasteiger partial charge in [-0.2, -0.15) is 0 Å². The van der Waals surface area contributed by atoms with Gasteiger partial charge in [0, 0.05) is 13.6 Å². The number of hydrogen-bond acceptors (Lipinski definition) is 2. The summed E-state index contributed by atoms with van der Waals surface area (Å²) in [5, 5.41) is 0. The first-order valence-corrected chi connectivity index (χ1v) is 4.66. The van der Waals surface area contributed by atoms with E-state index < -0.39 is 0 Å². The number of carbonyl (C=O) groups excluding carboxylic acids is 1. The molecule has 0 aliphatic rings. The number of hydrogen-bond donors (Lipinski definition) is 1. The Morgan fingerprint density at radius 3 is 2.62 bits per heavy atom. The molecule has 13 heavy (non-hydrogen) atoms. The van der Waals surface area contributed by atoms with Crippen LogP contribution in [0.25, 0.3) is 0 Å². The lowest BCUT2D eigenvalue weighted by Crippen LogP contribution is -2.45. The van der Waals surface area contributed by atoms with Gasteiger partial charge in [0.05, 0.1) is 6.04 Å². The van der Waals surface area contributed by atoms with Gasteiger partial charge in [-0.15, -0.1) is 6.58 Å². The molecule has 2 N–H and O–H groups in total. The van der Waals surface area contributed by atoms with Crippen molar-refractivity contribution in [2.75, 3.05) is 13.6 Å². The van der Waals surface area contributed by atoms with Crippen molar-refractivity contribution in [2.24, 2.45) is 11.7 Å². The van der Waals surface area contributed by atoms with Crippen molar-refractivity contribution in [3.05, 3.63) is 12.7 Å². The van der Waals surface area contributed by atoms with Gasteiger partial charge in [0.15, 0.2) is 0 Å². The van der Waals surface area contributed by atoms with E-state index in [1.54, 1.807) is 18.0 Å². The lowest BCUT2D eigenvalue weighted by Gasteiger charge is -2.23. The first-order valence-electron chi connectivity index (χ1n) is 4.66. The van der Waals surface area contributed by atoms with Crippen LogP contribution >= 0.6 is 0 Å². The molecule has 0 aromatic rings. The predicted molar refractivity (Wildman–Crippen MR) is 55.3 cm³/mol. The van der Waals surface area contributed by atoms with Crippen molar-refractivity contribution < 1.29 is 4.79 Å². The second-order valence-corrected chi connectivity index (χ2v) is 3.42. The van der Waals surface area contributed by atoms with Gasteiger partial charge < -0.3 is 10.6 Å². The Hall–Kier alpha value is -0.830. The summed E-state index contributed by atoms with van der Waals surface area (Å²) in [5.74, 6) is 0.231. The van der Waals surface area contributed by atoms with Gasteiger partial charge >= 0.3 is 0 Å². The maximum absolute atomic E-state index is 11.6. The maximum Gasteiger partial charge on any atom is 0.239 e. The Bertz CT molecular complexity index is 180. The minimum absolute atomic E-state index is 0.00532. The van der Waals surface area contributed by atoms with Gasteiger partial charge in [0.2, 0.25) is 5.91 Å². The smallest absolute Gasteiger partial charge is 0.239 e. The highest BCUT2D eigenvalue weighted by Crippen LogP contribution is 2.07. The van der Waals surface area contributed by atoms with Crippen LogP contribution in [0.2, 0.25) is 0 Å². The second kappa shape index (κ2) is 5.75. The first-order chi connectivity index (χ1) is 6.04. The molecule has 2 atom stereocenters. The fourth-order valence-electron chi connectivity index (χ4n) is 1.04. The third-order valence-electron chi connectivity index (χ3n) is 2.32. The molecular formula is C10H20N2O. The van der Waals surface area contributed by atoms with Crippen molar-refractivity contribution in [2.45, 2.75) is 26.3 Å². The van der Waals surface area contributed by atoms with Gasteiger partial charge in [-0.1, -0.05) is 26.3 Å². The molecule has 0 spiro atoms. The molecule has 0 saturated carbocycles. The quantitative estimate of drug-likeness (QED) is 0.648. The van der Waals surface area contributed by atoms with Crippen molar-refractivity contribution in [1.29, 1.82) is 0 Å². The first kappa shape index (κ1) is 12.2. The minimum Gasteiger partial charge on any atom is -0.341 e. The van der Waals surface area contributed by atoms with Gasteiger partial charge in [-0.05, 0) is 5.92 Å². The number of nitrogens with two attached hydrogens (primary N) is 1. The lowest BCUT2D eigenvalue weighted by atomic mass is 9.99. The normalized spacial score (nSPS) is 14.8. The largest absolute Gasteiger partial charge is 0.341 e. The highest BCUT2D eigenvalue weighted by molar-refractivity contribution is 5.81. The third-order valence-corrected chi connectivity index (χ3v) is 2.32. The number of carbonyl (C=O) groups is 1. The fraction of sp³-hybridized carbons (Fsp3) is 0.700. The van der Waals surface area contributed by atoms with E-state index >= 15 is 0 Å². The SMILES string of the molecule is C=CCN(C)C(=O)C(N)C(C)CC. The van der Waals surface area contributed by atoms with Crippen LogP contribution in [-0.2, 0) is 4.79 Å². The molecule has 3 nitrogen and oxygen atoms in total. The average molecular weight is 184 g/mol. The van der Waals surface area contributed by atoms with Crippen LogP contribution in [-0.4, -0.2) is 30.4 Å². The Kier molecular flexibility index (Phi) is 5.39. The second-order valence-electron chi connectivity index (χ2n) is 3.42. The average Bonchev–Trinajstić information content (AvgIpc) is 2.14. The van der Waals surface area contributed by atoms with E-state index in [0.29, 0.717) is 6.54 Å². The summed E-state index contributed by atoms with van der Waals surface area (Å²) < 4.78 is 0. The van der Waals surface area contributed by atoms with E-state index in [0.717, 1.165) is 6.42 Å². The Morgan fingerprint density at radius 1 is 1.69 bits per heavy atom. The van der Waals surface area contributed by atoms with E-state index in [4.69, 9.17) is 5.73 Å². The van der Waals surface area contributed by atoms with Crippen LogP contribution in [0.3, 0.4) is 0 Å². The number of nitrogens with zero attached hydrogens (tertiary/aromatic N) is 1. The molecule has 0 radical (unpaired) electrons. The standard InChI is InChI=1S/C10H20N2O/c1-5-7-12(4)10(13)9(11)8(3)6-2/h5,8-9H,1,6-7,11H2,2-4H3. The van der Waals surface area contributed by atoms with Crippen molar-refractivity contribution in [3.63, 3.8) is 0 Å². The molecule has 0 aromatic carbocycles. The highest BCUT2D eigenvalue weighted by atomic mass is 16.2. The topological polar surface area (TPSA) is 46.3 Å². The minimum atomic E-state index is -0.380. The molecule has 0 saturated heterocycles. The molecule has 2 unspecified atom stereocenters. The van der Waals surface area contributed by atoms with Crippen LogP contribution in [0.5, 0.6) is 0 Å². The molecule has 76 valence electrons. The van der Waals surface area contributed by atoms with Crippen molar-refractivity contribution in [3.8, 4) is 0 Å². The summed E-state index contributed by atoms with van der Waals surface area (Å²) in [7, 11) is 1.74. The molecule has 1 amide bonds. The molecule has 0 heterocycles. The van der Waals surface area contributed by atoms with Crippen LogP contribution in [0.15, 0.2) is 12.7 Å². The van der Waals surface area contributed by atoms with E-state index in [9.17, 15) is 4.79 Å². The van der Waals surface area contributed by atoms with Crippen molar-refractivity contribution in [1.82, 2.24) is 4.90 Å². The molecule has 0 aliphatic carbocycles. The molecule has 0 rings (SSSR count). The summed E-state index contributed by atoms with van der Waals surface area (Å²) in [6.07, 6.45) is 2.62. The zero-order valence-corrected chi connectivity index (χ0v) is 8.79. The molecule has 0 bridgehead atoms. The van der Waals surface area contributed by atoms with E-state index in [-0.39, 0.29) is 17.9 Å². The summed E-state index contributed by atoms with van der Waals surface area (Å²) in [6, 6.07) is -0.380. The van der Waals surface area contributed by atoms with Gasteiger partial charge in [0.1, 0.15) is 0 Å². The van der Waals surface area contributed by atoms with Gasteiger partial charge in [-0.3, -0.25) is 4.79 Å². The number of amides is 1. The summed E-state index contributed by atoms with van der Waals surface area (Å²) >= 11 is 0. The zero-order valence-electron chi connectivity index (χ0n) is 8.79. The Labute approximate surface area is 80.6 Å². The van der Waals surface area contributed by atoms with E-state index in [2.05, 4.69) is 6.58 Å². The fourth-order valence-corrected chi connectivity index (χ4v) is 1.04. The summed E-state index contributed by atoms with van der Waals surface area (Å²) in [4.78, 5) is 13.2. The van der Waals surface area contributed by atoms with E-state index in [1.165, 1.54) is 0 Å². The summed E-state index contributed by atoms with van der Waals surface area (Å²) in [6.45, 7) is 8.15. The molecule has 0 aliphatic heterocycles. The molecule has 0 aromatic heterocycles. The van der Waals surface area contributed by atoms with E-state index in [1.807, 2.05) is 13.8 Å². The number of rotatable bonds is 5. The van der Waals surface area contributed by atoms with Gasteiger partial charge in [-0.25, -0.2) is 0 Å². The van der Waals surface area contributed by atoms with Gasteiger partial charge in [0.25, 0.3) is 0 Å². The summed E-state index contributed by atoms with van der Waals surface area (Å²) in [5.41, 5.74) is 5.78. The molecule has 3 heteroatoms. The predicted octanol–water partition coefficient (Wildman–Crippen LogP) is 1.00. The molecular weight excluding hydrogens is 164 g/mol. The Morgan fingerprint density at radius 2 is 2.23 bits per heavy atom. The monoisotopic (exact) mass is 184 g/mol. The zero-order chi connectivity index (χ0) is 10.4. The highest BCUT2D eigenvalue weighted by Gasteiger charge is 2.21. The number of likely N-dealkylation sites (N-methyl/N-ethyl adjacent to an activating group) is 1. The van der Waals surface area contributed by atoms with Crippen molar-refractivity contribution >= 4 is 5.91 Å². The van der Waals surface area contributed by atoms with Crippen LogP contribution in [0.1, 0.15) is 20.3 Å². The lowest BCUT2D eigenvalue weighted by molar-refractivity contribution is -0.131. The van der Waals surface area contributed by atoms with Crippen LogP contribution in [0, 0.1) is 5.92 Å². The van der Waals surface area contributed by atoms with Crippen LogP contribution in [0.4, 0.5) is 0 Å².